The van der Waals surface area contributed by atoms with Gasteiger partial charge >= 0.3 is 6.18 Å². The number of nitrogens with zero attached hydrogens (tertiary/aromatic N) is 2. The molecule has 10 heteroatoms. The summed E-state index contributed by atoms with van der Waals surface area (Å²) in [7, 11) is 1.44. The summed E-state index contributed by atoms with van der Waals surface area (Å²) in [4.78, 5) is 24.3. The average molecular weight is 423 g/mol. The molecule has 1 heterocycles. The quantitative estimate of drug-likeness (QED) is 0.663. The summed E-state index contributed by atoms with van der Waals surface area (Å²) < 4.78 is 41.8. The van der Waals surface area contributed by atoms with Gasteiger partial charge in [0.2, 0.25) is 0 Å². The second kappa shape index (κ2) is 7.96. The molecule has 3 aromatic rings. The molecule has 0 radical (unpaired) electrons. The van der Waals surface area contributed by atoms with E-state index in [1.165, 1.54) is 55.6 Å². The minimum atomic E-state index is -4.85. The van der Waals surface area contributed by atoms with E-state index in [0.717, 1.165) is 6.20 Å². The fourth-order valence-corrected chi connectivity index (χ4v) is 2.86. The van der Waals surface area contributed by atoms with E-state index in [1.54, 1.807) is 0 Å². The maximum Gasteiger partial charge on any atom is 0.434 e. The highest BCUT2D eigenvalue weighted by atomic mass is 35.5. The number of anilines is 1. The number of nitrogens with one attached hydrogen (secondary N) is 2. The van der Waals surface area contributed by atoms with Crippen LogP contribution in [0.2, 0.25) is 5.02 Å². The van der Waals surface area contributed by atoms with E-state index in [0.29, 0.717) is 4.68 Å². The molecule has 2 N–H and O–H groups in total. The highest BCUT2D eigenvalue weighted by Crippen LogP contribution is 2.34. The van der Waals surface area contributed by atoms with E-state index in [4.69, 9.17) is 11.6 Å². The average Bonchev–Trinajstić information content (AvgIpc) is 3.13. The largest absolute Gasteiger partial charge is 0.434 e. The predicted octanol–water partition coefficient (Wildman–Crippen LogP) is 4.16. The molecule has 6 nitrogen and oxygen atoms in total. The molecule has 0 spiro atoms. The lowest BCUT2D eigenvalue weighted by Gasteiger charge is -2.13. The number of halogens is 4. The van der Waals surface area contributed by atoms with Crippen molar-refractivity contribution in [3.05, 3.63) is 76.6 Å². The van der Waals surface area contributed by atoms with Crippen molar-refractivity contribution in [1.29, 1.82) is 0 Å². The molecule has 150 valence electrons. The minimum absolute atomic E-state index is 0.0606. The number of aromatic nitrogens is 2. The van der Waals surface area contributed by atoms with E-state index < -0.39 is 29.2 Å². The SMILES string of the molecule is CNC(=O)c1cccc(NC(=O)c2cnn(-c3cccc(Cl)c3)c2C(F)(F)F)c1. The van der Waals surface area contributed by atoms with E-state index in [9.17, 15) is 22.8 Å². The Labute approximate surface area is 168 Å². The molecule has 0 fully saturated rings. The molecular weight excluding hydrogens is 409 g/mol. The minimum Gasteiger partial charge on any atom is -0.355 e. The molecule has 0 aliphatic heterocycles. The van der Waals surface area contributed by atoms with Gasteiger partial charge in [-0.25, -0.2) is 4.68 Å². The third-order valence-corrected chi connectivity index (χ3v) is 4.18. The number of alkyl halides is 3. The summed E-state index contributed by atoms with van der Waals surface area (Å²) in [6, 6.07) is 11.5. The summed E-state index contributed by atoms with van der Waals surface area (Å²) >= 11 is 5.86. The first kappa shape index (κ1) is 20.4. The van der Waals surface area contributed by atoms with E-state index >= 15 is 0 Å². The summed E-state index contributed by atoms with van der Waals surface area (Å²) in [6.45, 7) is 0. The van der Waals surface area contributed by atoms with E-state index in [-0.39, 0.29) is 22.0 Å². The van der Waals surface area contributed by atoms with E-state index in [2.05, 4.69) is 15.7 Å². The van der Waals surface area contributed by atoms with Gasteiger partial charge in [0.25, 0.3) is 11.8 Å². The standard InChI is InChI=1S/C19H14ClF3N4O2/c1-24-17(28)11-4-2-6-13(8-11)26-18(29)15-10-25-27(16(15)19(21,22)23)14-7-3-5-12(20)9-14/h2-10H,1H3,(H,24,28)(H,26,29). The third kappa shape index (κ3) is 4.40. The molecule has 0 saturated carbocycles. The van der Waals surface area contributed by atoms with Crippen molar-refractivity contribution >= 4 is 29.1 Å². The molecule has 0 aliphatic carbocycles. The first-order valence-electron chi connectivity index (χ1n) is 8.25. The Balaban J connectivity index is 1.99. The van der Waals surface area contributed by atoms with Crippen LogP contribution in [0.4, 0.5) is 18.9 Å². The maximum absolute atomic E-state index is 13.7. The molecule has 29 heavy (non-hydrogen) atoms. The van der Waals surface area contributed by atoms with Gasteiger partial charge in [0.15, 0.2) is 5.69 Å². The molecule has 0 bridgehead atoms. The lowest BCUT2D eigenvalue weighted by atomic mass is 10.1. The van der Waals surface area contributed by atoms with Gasteiger partial charge in [-0.2, -0.15) is 18.3 Å². The zero-order valence-corrected chi connectivity index (χ0v) is 15.7. The summed E-state index contributed by atoms with van der Waals surface area (Å²) in [5, 5.41) is 8.75. The second-order valence-corrected chi connectivity index (χ2v) is 6.35. The lowest BCUT2D eigenvalue weighted by molar-refractivity contribution is -0.143. The van der Waals surface area contributed by atoms with Gasteiger partial charge in [0.1, 0.15) is 0 Å². The Kier molecular flexibility index (Phi) is 5.60. The Hall–Kier alpha value is -3.33. The van der Waals surface area contributed by atoms with Crippen molar-refractivity contribution in [2.24, 2.45) is 0 Å². The normalized spacial score (nSPS) is 11.2. The maximum atomic E-state index is 13.7. The van der Waals surface area contributed by atoms with Crippen LogP contribution in [0.5, 0.6) is 0 Å². The van der Waals surface area contributed by atoms with Gasteiger partial charge in [-0.15, -0.1) is 0 Å². The smallest absolute Gasteiger partial charge is 0.355 e. The van der Waals surface area contributed by atoms with Crippen molar-refractivity contribution < 1.29 is 22.8 Å². The monoisotopic (exact) mass is 422 g/mol. The molecular formula is C19H14ClF3N4O2. The third-order valence-electron chi connectivity index (χ3n) is 3.94. The molecule has 2 amide bonds. The number of hydrogen-bond acceptors (Lipinski definition) is 3. The molecule has 3 rings (SSSR count). The van der Waals surface area contributed by atoms with Gasteiger partial charge in [-0.1, -0.05) is 23.7 Å². The Morgan fingerprint density at radius 1 is 1.07 bits per heavy atom. The Morgan fingerprint density at radius 2 is 1.79 bits per heavy atom. The Morgan fingerprint density at radius 3 is 2.45 bits per heavy atom. The molecule has 1 aromatic heterocycles. The van der Waals surface area contributed by atoms with Crippen LogP contribution in [-0.4, -0.2) is 28.6 Å². The fraction of sp³-hybridized carbons (Fsp3) is 0.105. The zero-order chi connectivity index (χ0) is 21.2. The van der Waals surface area contributed by atoms with Crippen LogP contribution in [0.3, 0.4) is 0 Å². The zero-order valence-electron chi connectivity index (χ0n) is 14.9. The first-order valence-corrected chi connectivity index (χ1v) is 8.63. The van der Waals surface area contributed by atoms with Crippen molar-refractivity contribution in [2.75, 3.05) is 12.4 Å². The van der Waals surface area contributed by atoms with Crippen LogP contribution < -0.4 is 10.6 Å². The fourth-order valence-electron chi connectivity index (χ4n) is 2.67. The van der Waals surface area contributed by atoms with Gasteiger partial charge < -0.3 is 10.6 Å². The summed E-state index contributed by atoms with van der Waals surface area (Å²) in [5.74, 6) is -1.41. The first-order chi connectivity index (χ1) is 13.7. The van der Waals surface area contributed by atoms with Crippen LogP contribution in [-0.2, 0) is 6.18 Å². The van der Waals surface area contributed by atoms with Gasteiger partial charge in [0.05, 0.1) is 17.4 Å². The highest BCUT2D eigenvalue weighted by molar-refractivity contribution is 6.30. The van der Waals surface area contributed by atoms with Crippen LogP contribution >= 0.6 is 11.6 Å². The van der Waals surface area contributed by atoms with Crippen molar-refractivity contribution in [3.63, 3.8) is 0 Å². The Bertz CT molecular complexity index is 1080. The number of carbonyl (C=O) groups excluding carboxylic acids is 2. The van der Waals surface area contributed by atoms with Crippen LogP contribution in [0, 0.1) is 0 Å². The molecule has 0 atom stereocenters. The van der Waals surface area contributed by atoms with Gasteiger partial charge in [-0.05, 0) is 36.4 Å². The van der Waals surface area contributed by atoms with Crippen molar-refractivity contribution in [2.45, 2.75) is 6.18 Å². The number of benzene rings is 2. The van der Waals surface area contributed by atoms with Gasteiger partial charge in [0, 0.05) is 23.3 Å². The number of carbonyl (C=O) groups is 2. The van der Waals surface area contributed by atoms with Crippen LogP contribution in [0.25, 0.3) is 5.69 Å². The second-order valence-electron chi connectivity index (χ2n) is 5.91. The molecule has 0 aliphatic rings. The topological polar surface area (TPSA) is 76.0 Å². The summed E-state index contributed by atoms with van der Waals surface area (Å²) in [5.41, 5.74) is -1.43. The van der Waals surface area contributed by atoms with E-state index in [1.807, 2.05) is 0 Å². The van der Waals surface area contributed by atoms with Crippen molar-refractivity contribution in [3.8, 4) is 5.69 Å². The summed E-state index contributed by atoms with van der Waals surface area (Å²) in [6.07, 6.45) is -4.02. The number of hydrogen-bond donors (Lipinski definition) is 2. The number of rotatable bonds is 4. The van der Waals surface area contributed by atoms with Crippen LogP contribution in [0.15, 0.2) is 54.7 Å². The molecule has 2 aromatic carbocycles. The number of amides is 2. The predicted molar refractivity (Wildman–Crippen MR) is 101 cm³/mol. The molecule has 0 saturated heterocycles. The lowest BCUT2D eigenvalue weighted by Crippen LogP contribution is -2.21. The molecule has 0 unspecified atom stereocenters. The highest BCUT2D eigenvalue weighted by Gasteiger charge is 2.40. The van der Waals surface area contributed by atoms with Gasteiger partial charge in [-0.3, -0.25) is 9.59 Å². The van der Waals surface area contributed by atoms with Crippen LogP contribution in [0.1, 0.15) is 26.4 Å². The van der Waals surface area contributed by atoms with Crippen molar-refractivity contribution in [1.82, 2.24) is 15.1 Å².